The highest BCUT2D eigenvalue weighted by molar-refractivity contribution is 5.29. The fraction of sp³-hybridized carbons (Fsp3) is 0.500. The molecule has 1 aromatic carbocycles. The summed E-state index contributed by atoms with van der Waals surface area (Å²) >= 11 is 0. The van der Waals surface area contributed by atoms with E-state index in [1.54, 1.807) is 6.07 Å². The van der Waals surface area contributed by atoms with E-state index in [0.29, 0.717) is 12.5 Å². The first kappa shape index (κ1) is 9.31. The van der Waals surface area contributed by atoms with Gasteiger partial charge in [0.25, 0.3) is 0 Å². The van der Waals surface area contributed by atoms with E-state index in [1.165, 1.54) is 6.07 Å². The van der Waals surface area contributed by atoms with Crippen LogP contribution in [-0.4, -0.2) is 6.61 Å². The Bertz CT molecular complexity index is 370. The van der Waals surface area contributed by atoms with Crippen molar-refractivity contribution in [2.45, 2.75) is 24.8 Å². The fourth-order valence-electron chi connectivity index (χ4n) is 2.94. The summed E-state index contributed by atoms with van der Waals surface area (Å²) in [4.78, 5) is 5.31. The van der Waals surface area contributed by atoms with Gasteiger partial charge in [-0.25, -0.2) is 4.39 Å². The second kappa shape index (κ2) is 3.29. The Labute approximate surface area is 88.4 Å². The van der Waals surface area contributed by atoms with Crippen LogP contribution in [0.5, 0.6) is 0 Å². The molecule has 1 unspecified atom stereocenters. The zero-order chi connectivity index (χ0) is 10.3. The number of fused-ring (bicyclic) bond motifs is 1. The Morgan fingerprint density at radius 2 is 2.27 bits per heavy atom. The molecule has 1 heterocycles. The summed E-state index contributed by atoms with van der Waals surface area (Å²) in [5.74, 6) is 0.303. The molecular weight excluding hydrogens is 193 g/mol. The molecule has 1 aromatic rings. The maximum Gasteiger partial charge on any atom is 0.128 e. The van der Waals surface area contributed by atoms with Crippen molar-refractivity contribution < 1.29 is 9.23 Å². The third-order valence-corrected chi connectivity index (χ3v) is 3.71. The molecule has 0 bridgehead atoms. The average Bonchev–Trinajstić information content (AvgIpc) is 2.77. The molecule has 1 saturated heterocycles. The predicted octanol–water partition coefficient (Wildman–Crippen LogP) is 2.36. The lowest BCUT2D eigenvalue weighted by Gasteiger charge is -2.28. The predicted molar refractivity (Wildman–Crippen MR) is 54.5 cm³/mol. The quantitative estimate of drug-likeness (QED) is 0.763. The molecule has 2 aliphatic rings. The topological polar surface area (TPSA) is 21.3 Å². The van der Waals surface area contributed by atoms with E-state index in [1.807, 2.05) is 12.1 Å². The number of hydroxylamine groups is 1. The molecule has 1 aliphatic heterocycles. The van der Waals surface area contributed by atoms with Gasteiger partial charge in [-0.15, -0.1) is 0 Å². The van der Waals surface area contributed by atoms with Crippen LogP contribution in [0.1, 0.15) is 24.8 Å². The summed E-state index contributed by atoms with van der Waals surface area (Å²) in [6.07, 6.45) is 3.25. The van der Waals surface area contributed by atoms with Crippen molar-refractivity contribution in [1.82, 2.24) is 5.48 Å². The van der Waals surface area contributed by atoms with E-state index in [2.05, 4.69) is 5.48 Å². The van der Waals surface area contributed by atoms with Crippen LogP contribution in [0.3, 0.4) is 0 Å². The van der Waals surface area contributed by atoms with Gasteiger partial charge in [0.2, 0.25) is 0 Å². The molecule has 1 N–H and O–H groups in total. The van der Waals surface area contributed by atoms with Crippen molar-refractivity contribution >= 4 is 0 Å². The van der Waals surface area contributed by atoms with Crippen molar-refractivity contribution in [2.75, 3.05) is 6.61 Å². The summed E-state index contributed by atoms with van der Waals surface area (Å²) in [5.41, 5.74) is 3.56. The number of rotatable bonds is 1. The Balaban J connectivity index is 2.08. The molecule has 15 heavy (non-hydrogen) atoms. The molecule has 2 fully saturated rings. The minimum absolute atomic E-state index is 0.123. The number of hydrogen-bond donors (Lipinski definition) is 1. The first-order valence-electron chi connectivity index (χ1n) is 5.47. The highest BCUT2D eigenvalue weighted by Crippen LogP contribution is 2.47. The summed E-state index contributed by atoms with van der Waals surface area (Å²) < 4.78 is 13.8. The fourth-order valence-corrected chi connectivity index (χ4v) is 2.94. The lowest BCUT2D eigenvalue weighted by Crippen LogP contribution is -2.38. The Morgan fingerprint density at radius 3 is 3.13 bits per heavy atom. The molecule has 2 atom stereocenters. The van der Waals surface area contributed by atoms with E-state index >= 15 is 0 Å². The van der Waals surface area contributed by atoms with Crippen LogP contribution >= 0.6 is 0 Å². The molecular formula is C12H14FNO. The van der Waals surface area contributed by atoms with Crippen LogP contribution < -0.4 is 5.48 Å². The van der Waals surface area contributed by atoms with Crippen molar-refractivity contribution in [3.05, 3.63) is 35.6 Å². The van der Waals surface area contributed by atoms with Crippen LogP contribution in [0, 0.1) is 11.7 Å². The summed E-state index contributed by atoms with van der Waals surface area (Å²) in [6.45, 7) is 0.703. The minimum Gasteiger partial charge on any atom is -0.301 e. The Kier molecular flexibility index (Phi) is 2.04. The average molecular weight is 207 g/mol. The van der Waals surface area contributed by atoms with Gasteiger partial charge < -0.3 is 4.84 Å². The molecule has 1 saturated carbocycles. The van der Waals surface area contributed by atoms with Gasteiger partial charge in [-0.05, 0) is 18.9 Å². The van der Waals surface area contributed by atoms with Gasteiger partial charge >= 0.3 is 0 Å². The molecule has 2 nitrogen and oxygen atoms in total. The largest absolute Gasteiger partial charge is 0.301 e. The minimum atomic E-state index is -0.259. The van der Waals surface area contributed by atoms with Gasteiger partial charge in [0, 0.05) is 11.5 Å². The van der Waals surface area contributed by atoms with Gasteiger partial charge in [-0.3, -0.25) is 0 Å². The monoisotopic (exact) mass is 207 g/mol. The van der Waals surface area contributed by atoms with Crippen LogP contribution in [0.25, 0.3) is 0 Å². The molecule has 0 radical (unpaired) electrons. The van der Waals surface area contributed by atoms with Gasteiger partial charge in [0.1, 0.15) is 5.82 Å². The molecule has 0 spiro atoms. The zero-order valence-electron chi connectivity index (χ0n) is 8.50. The SMILES string of the molecule is Fc1ccccc1[C@]12CCCC1CON2. The van der Waals surface area contributed by atoms with E-state index in [4.69, 9.17) is 4.84 Å². The van der Waals surface area contributed by atoms with Crippen LogP contribution in [-0.2, 0) is 10.4 Å². The number of nitrogens with one attached hydrogen (secondary N) is 1. The maximum atomic E-state index is 13.8. The Hall–Kier alpha value is -0.930. The first-order chi connectivity index (χ1) is 7.33. The highest BCUT2D eigenvalue weighted by atomic mass is 19.1. The van der Waals surface area contributed by atoms with Crippen LogP contribution in [0.4, 0.5) is 4.39 Å². The smallest absolute Gasteiger partial charge is 0.128 e. The highest BCUT2D eigenvalue weighted by Gasteiger charge is 2.49. The van der Waals surface area contributed by atoms with E-state index in [9.17, 15) is 4.39 Å². The molecule has 3 heteroatoms. The Morgan fingerprint density at radius 1 is 1.40 bits per heavy atom. The van der Waals surface area contributed by atoms with Crippen LogP contribution in [0.2, 0.25) is 0 Å². The van der Waals surface area contributed by atoms with Gasteiger partial charge in [0.05, 0.1) is 12.1 Å². The summed E-state index contributed by atoms with van der Waals surface area (Å²) in [7, 11) is 0. The number of hydrogen-bond acceptors (Lipinski definition) is 2. The molecule has 80 valence electrons. The van der Waals surface area contributed by atoms with Crippen molar-refractivity contribution in [3.63, 3.8) is 0 Å². The van der Waals surface area contributed by atoms with Gasteiger partial charge in [-0.1, -0.05) is 24.6 Å². The lowest BCUT2D eigenvalue weighted by atomic mass is 9.82. The standard InChI is InChI=1S/C12H14FNO/c13-11-6-2-1-5-10(11)12-7-3-4-9(12)8-15-14-12/h1-2,5-6,9,14H,3-4,7-8H2/t9?,12-/m0/s1. The third kappa shape index (κ3) is 1.23. The van der Waals surface area contributed by atoms with Gasteiger partial charge in [-0.2, -0.15) is 5.48 Å². The molecule has 3 rings (SSSR count). The number of benzene rings is 1. The second-order valence-electron chi connectivity index (χ2n) is 4.45. The molecule has 1 aliphatic carbocycles. The molecule has 0 aromatic heterocycles. The summed E-state index contributed by atoms with van der Waals surface area (Å²) in [5, 5.41) is 0. The van der Waals surface area contributed by atoms with E-state index in [0.717, 1.165) is 24.8 Å². The van der Waals surface area contributed by atoms with E-state index < -0.39 is 0 Å². The summed E-state index contributed by atoms with van der Waals surface area (Å²) in [6, 6.07) is 7.02. The van der Waals surface area contributed by atoms with Crippen molar-refractivity contribution in [2.24, 2.45) is 5.92 Å². The van der Waals surface area contributed by atoms with Crippen molar-refractivity contribution in [1.29, 1.82) is 0 Å². The number of halogens is 1. The molecule has 0 amide bonds. The third-order valence-electron chi connectivity index (χ3n) is 3.71. The van der Waals surface area contributed by atoms with Crippen LogP contribution in [0.15, 0.2) is 24.3 Å². The lowest BCUT2D eigenvalue weighted by molar-refractivity contribution is 0.0557. The second-order valence-corrected chi connectivity index (χ2v) is 4.45. The first-order valence-corrected chi connectivity index (χ1v) is 5.47. The van der Waals surface area contributed by atoms with E-state index in [-0.39, 0.29) is 11.4 Å². The van der Waals surface area contributed by atoms with Crippen molar-refractivity contribution in [3.8, 4) is 0 Å². The normalized spacial score (nSPS) is 34.3. The van der Waals surface area contributed by atoms with Gasteiger partial charge in [0.15, 0.2) is 0 Å². The zero-order valence-corrected chi connectivity index (χ0v) is 8.50. The maximum absolute atomic E-state index is 13.8.